The second kappa shape index (κ2) is 11.9. The zero-order chi connectivity index (χ0) is 27.3. The Kier molecular flexibility index (Phi) is 7.72. The average Bonchev–Trinajstić information content (AvgIpc) is 3.02. The number of nitrogens with one attached hydrogen (secondary N) is 1. The molecule has 40 heavy (non-hydrogen) atoms. The van der Waals surface area contributed by atoms with Crippen molar-refractivity contribution in [3.63, 3.8) is 0 Å². The predicted molar refractivity (Wildman–Crippen MR) is 159 cm³/mol. The van der Waals surface area contributed by atoms with Gasteiger partial charge in [-0.05, 0) is 49.2 Å². The van der Waals surface area contributed by atoms with Crippen molar-refractivity contribution in [1.82, 2.24) is 20.2 Å². The largest absolute Gasteiger partial charge is 0.368 e. The quantitative estimate of drug-likeness (QED) is 0.364. The van der Waals surface area contributed by atoms with Gasteiger partial charge in [-0.15, -0.1) is 10.2 Å². The van der Waals surface area contributed by atoms with E-state index in [0.717, 1.165) is 68.5 Å². The first kappa shape index (κ1) is 26.0. The minimum atomic E-state index is -0.167. The van der Waals surface area contributed by atoms with E-state index in [1.165, 1.54) is 12.0 Å². The molecule has 10 heteroatoms. The molecular weight excluding hydrogens is 524 g/mol. The molecule has 4 heterocycles. The van der Waals surface area contributed by atoms with Crippen LogP contribution in [0, 0.1) is 5.92 Å². The zero-order valence-electron chi connectivity index (χ0n) is 22.2. The summed E-state index contributed by atoms with van der Waals surface area (Å²) in [5.41, 5.74) is 2.98. The van der Waals surface area contributed by atoms with Gasteiger partial charge in [0.25, 0.3) is 0 Å². The number of para-hydroxylation sites is 1. The van der Waals surface area contributed by atoms with Gasteiger partial charge < -0.3 is 20.0 Å². The second-order valence-corrected chi connectivity index (χ2v) is 10.6. The number of carbonyl (C=O) groups is 1. The normalized spacial score (nSPS) is 17.5. The third-order valence-corrected chi connectivity index (χ3v) is 7.79. The predicted octanol–water partition coefficient (Wildman–Crippen LogP) is 4.77. The number of amides is 1. The smallest absolute Gasteiger partial charge is 0.230 e. The summed E-state index contributed by atoms with van der Waals surface area (Å²) in [5.74, 6) is 1.94. The van der Waals surface area contributed by atoms with Crippen molar-refractivity contribution in [2.45, 2.75) is 12.8 Å². The van der Waals surface area contributed by atoms with Gasteiger partial charge in [-0.2, -0.15) is 0 Å². The molecule has 0 saturated carbocycles. The molecule has 2 saturated heterocycles. The van der Waals surface area contributed by atoms with Crippen molar-refractivity contribution in [2.24, 2.45) is 5.92 Å². The highest BCUT2D eigenvalue weighted by Gasteiger charge is 2.27. The Hall–Kier alpha value is -4.24. The topological polar surface area (TPSA) is 90.4 Å². The minimum absolute atomic E-state index is 0.0333. The number of piperidine rings is 1. The summed E-state index contributed by atoms with van der Waals surface area (Å²) in [7, 11) is 0. The second-order valence-electron chi connectivity index (χ2n) is 10.1. The van der Waals surface area contributed by atoms with Gasteiger partial charge in [0.05, 0.1) is 11.6 Å². The molecule has 0 spiro atoms. The fourth-order valence-electron chi connectivity index (χ4n) is 5.32. The Balaban J connectivity index is 1.05. The van der Waals surface area contributed by atoms with Gasteiger partial charge >= 0.3 is 0 Å². The Bertz CT molecular complexity index is 1430. The molecule has 2 aliphatic rings. The molecule has 1 atom stereocenters. The van der Waals surface area contributed by atoms with E-state index in [9.17, 15) is 4.79 Å². The number of benzene rings is 2. The lowest BCUT2D eigenvalue weighted by Crippen LogP contribution is -2.46. The van der Waals surface area contributed by atoms with E-state index >= 15 is 0 Å². The molecule has 2 aromatic heterocycles. The number of piperazine rings is 1. The summed E-state index contributed by atoms with van der Waals surface area (Å²) in [6.07, 6.45) is 3.25. The highest BCUT2D eigenvalue weighted by molar-refractivity contribution is 6.30. The number of nitrogens with zero attached hydrogens (tertiary/aromatic N) is 7. The first-order chi connectivity index (χ1) is 19.6. The SMILES string of the molecule is O=C(Nc1cc(N2CCN(c3ccccc3)CC2)ncn1)C1CCCN(c2ccc(-c3ccc(Cl)cc3)nn2)C1. The van der Waals surface area contributed by atoms with Crippen LogP contribution in [0.15, 0.2) is 79.1 Å². The molecule has 2 aromatic carbocycles. The van der Waals surface area contributed by atoms with Crippen LogP contribution in [0.25, 0.3) is 11.3 Å². The van der Waals surface area contributed by atoms with E-state index in [-0.39, 0.29) is 11.8 Å². The average molecular weight is 555 g/mol. The third kappa shape index (κ3) is 5.99. The molecule has 9 nitrogen and oxygen atoms in total. The van der Waals surface area contributed by atoms with E-state index in [2.05, 4.69) is 64.4 Å². The van der Waals surface area contributed by atoms with Crippen LogP contribution < -0.4 is 20.0 Å². The number of anilines is 4. The number of carbonyl (C=O) groups excluding carboxylic acids is 1. The van der Waals surface area contributed by atoms with E-state index in [1.54, 1.807) is 0 Å². The van der Waals surface area contributed by atoms with Crippen molar-refractivity contribution in [1.29, 1.82) is 0 Å². The monoisotopic (exact) mass is 554 g/mol. The summed E-state index contributed by atoms with van der Waals surface area (Å²) in [5, 5.41) is 12.6. The van der Waals surface area contributed by atoms with Gasteiger partial charge in [0.15, 0.2) is 5.82 Å². The van der Waals surface area contributed by atoms with Gasteiger partial charge in [0.1, 0.15) is 18.0 Å². The summed E-state index contributed by atoms with van der Waals surface area (Å²) < 4.78 is 0. The van der Waals surface area contributed by atoms with Crippen LogP contribution >= 0.6 is 11.6 Å². The van der Waals surface area contributed by atoms with Gasteiger partial charge in [-0.1, -0.05) is 41.9 Å². The van der Waals surface area contributed by atoms with Crippen LogP contribution in [-0.2, 0) is 4.79 Å². The van der Waals surface area contributed by atoms with E-state index in [4.69, 9.17) is 11.6 Å². The fourth-order valence-corrected chi connectivity index (χ4v) is 5.44. The summed E-state index contributed by atoms with van der Waals surface area (Å²) in [6.45, 7) is 4.96. The summed E-state index contributed by atoms with van der Waals surface area (Å²) >= 11 is 6.00. The Labute approximate surface area is 238 Å². The number of hydrogen-bond donors (Lipinski definition) is 1. The molecule has 0 radical (unpaired) electrons. The van der Waals surface area contributed by atoms with Crippen LogP contribution in [0.1, 0.15) is 12.8 Å². The zero-order valence-corrected chi connectivity index (χ0v) is 22.9. The molecule has 0 bridgehead atoms. The lowest BCUT2D eigenvalue weighted by atomic mass is 9.97. The Morgan fingerprint density at radius 1 is 0.800 bits per heavy atom. The number of aromatic nitrogens is 4. The molecule has 4 aromatic rings. The van der Waals surface area contributed by atoms with E-state index in [1.807, 2.05) is 48.5 Å². The van der Waals surface area contributed by atoms with Gasteiger partial charge in [-0.3, -0.25) is 4.79 Å². The number of hydrogen-bond acceptors (Lipinski definition) is 8. The maximum Gasteiger partial charge on any atom is 0.230 e. The number of rotatable bonds is 6. The maximum atomic E-state index is 13.2. The standard InChI is InChI=1S/C30H31ClN8O/c31-24-10-8-22(9-11-24)26-12-13-28(36-35-26)39-14-4-5-23(20-39)30(40)34-27-19-29(33-21-32-27)38-17-15-37(16-18-38)25-6-2-1-3-7-25/h1-3,6-13,19,21,23H,4-5,14-18,20H2,(H,32,33,34,40). The van der Waals surface area contributed by atoms with Crippen LogP contribution in [0.3, 0.4) is 0 Å². The third-order valence-electron chi connectivity index (χ3n) is 7.54. The lowest BCUT2D eigenvalue weighted by Gasteiger charge is -2.36. The van der Waals surface area contributed by atoms with Crippen LogP contribution in [-0.4, -0.2) is 65.3 Å². The van der Waals surface area contributed by atoms with Crippen LogP contribution in [0.4, 0.5) is 23.1 Å². The van der Waals surface area contributed by atoms with E-state index in [0.29, 0.717) is 17.4 Å². The molecule has 6 rings (SSSR count). The van der Waals surface area contributed by atoms with Crippen molar-refractivity contribution in [3.05, 3.63) is 84.1 Å². The molecule has 1 N–H and O–H groups in total. The molecule has 2 aliphatic heterocycles. The van der Waals surface area contributed by atoms with Crippen molar-refractivity contribution >= 4 is 40.6 Å². The highest BCUT2D eigenvalue weighted by Crippen LogP contribution is 2.26. The number of halogens is 1. The maximum absolute atomic E-state index is 13.2. The molecule has 1 unspecified atom stereocenters. The van der Waals surface area contributed by atoms with Crippen molar-refractivity contribution in [3.8, 4) is 11.3 Å². The summed E-state index contributed by atoms with van der Waals surface area (Å²) in [4.78, 5) is 28.8. The van der Waals surface area contributed by atoms with Crippen LogP contribution in [0.2, 0.25) is 5.02 Å². The first-order valence-electron chi connectivity index (χ1n) is 13.6. The molecule has 2 fully saturated rings. The Morgan fingerprint density at radius 2 is 1.57 bits per heavy atom. The van der Waals surface area contributed by atoms with Gasteiger partial charge in [-0.25, -0.2) is 9.97 Å². The molecular formula is C30H31ClN8O. The molecule has 0 aliphatic carbocycles. The van der Waals surface area contributed by atoms with Gasteiger partial charge in [0.2, 0.25) is 5.91 Å². The minimum Gasteiger partial charge on any atom is -0.368 e. The van der Waals surface area contributed by atoms with Crippen molar-refractivity contribution < 1.29 is 4.79 Å². The molecule has 204 valence electrons. The van der Waals surface area contributed by atoms with E-state index < -0.39 is 0 Å². The fraction of sp³-hybridized carbons (Fsp3) is 0.300. The highest BCUT2D eigenvalue weighted by atomic mass is 35.5. The lowest BCUT2D eigenvalue weighted by molar-refractivity contribution is -0.120. The first-order valence-corrected chi connectivity index (χ1v) is 14.0. The Morgan fingerprint density at radius 3 is 2.33 bits per heavy atom. The van der Waals surface area contributed by atoms with Gasteiger partial charge in [0, 0.05) is 61.6 Å². The van der Waals surface area contributed by atoms with Crippen LogP contribution in [0.5, 0.6) is 0 Å². The summed E-state index contributed by atoms with van der Waals surface area (Å²) in [6, 6.07) is 23.8. The molecule has 1 amide bonds. The van der Waals surface area contributed by atoms with Crippen molar-refractivity contribution in [2.75, 3.05) is 59.3 Å².